The van der Waals surface area contributed by atoms with E-state index in [1.165, 1.54) is 0 Å². The lowest BCUT2D eigenvalue weighted by molar-refractivity contribution is -0.123. The number of aromatic amines is 1. The van der Waals surface area contributed by atoms with Crippen molar-refractivity contribution in [2.45, 2.75) is 25.4 Å². The van der Waals surface area contributed by atoms with Gasteiger partial charge in [0.25, 0.3) is 0 Å². The van der Waals surface area contributed by atoms with E-state index in [0.29, 0.717) is 5.82 Å². The van der Waals surface area contributed by atoms with Crippen molar-refractivity contribution in [1.82, 2.24) is 15.3 Å². The van der Waals surface area contributed by atoms with Gasteiger partial charge in [-0.15, -0.1) is 0 Å². The maximum Gasteiger partial charge on any atom is 0.237 e. The molecule has 0 aromatic carbocycles. The van der Waals surface area contributed by atoms with Crippen molar-refractivity contribution >= 4 is 15.7 Å². The number of imidazole rings is 1. The Hall–Kier alpha value is -1.41. The highest BCUT2D eigenvalue weighted by Gasteiger charge is 2.19. The first-order valence-corrected chi connectivity index (χ1v) is 7.58. The molecule has 1 amide bonds. The Morgan fingerprint density at radius 2 is 2.28 bits per heavy atom. The number of nitrogens with two attached hydrogens (primary N) is 1. The standard InChI is InChI=1S/C10H18N4O3S/c1-7(9-12-4-5-13-9)14-10(15)8(11)3-6-18(2,16)17/h4-5,7-8H,3,6,11H2,1-2H3,(H,12,13)(H,14,15). The van der Waals surface area contributed by atoms with E-state index < -0.39 is 15.9 Å². The molecule has 102 valence electrons. The fraction of sp³-hybridized carbons (Fsp3) is 0.600. The van der Waals surface area contributed by atoms with E-state index in [9.17, 15) is 13.2 Å². The summed E-state index contributed by atoms with van der Waals surface area (Å²) < 4.78 is 21.9. The Labute approximate surface area is 106 Å². The minimum absolute atomic E-state index is 0.100. The molecule has 0 saturated carbocycles. The van der Waals surface area contributed by atoms with Crippen LogP contribution in [0.4, 0.5) is 0 Å². The van der Waals surface area contributed by atoms with Gasteiger partial charge in [-0.25, -0.2) is 13.4 Å². The SMILES string of the molecule is CC(NC(=O)C(N)CCS(C)(=O)=O)c1ncc[nH]1. The number of carbonyl (C=O) groups excluding carboxylic acids is 1. The lowest BCUT2D eigenvalue weighted by Gasteiger charge is -2.15. The smallest absolute Gasteiger partial charge is 0.237 e. The van der Waals surface area contributed by atoms with Gasteiger partial charge in [0.05, 0.1) is 17.8 Å². The molecular formula is C10H18N4O3S. The van der Waals surface area contributed by atoms with Crippen molar-refractivity contribution in [1.29, 1.82) is 0 Å². The van der Waals surface area contributed by atoms with Crippen molar-refractivity contribution in [3.8, 4) is 0 Å². The average Bonchev–Trinajstić information content (AvgIpc) is 2.77. The molecule has 0 aliphatic carbocycles. The molecule has 2 unspecified atom stereocenters. The molecule has 18 heavy (non-hydrogen) atoms. The van der Waals surface area contributed by atoms with Crippen molar-refractivity contribution in [3.63, 3.8) is 0 Å². The molecule has 0 aliphatic heterocycles. The molecule has 2 atom stereocenters. The van der Waals surface area contributed by atoms with Crippen molar-refractivity contribution in [2.75, 3.05) is 12.0 Å². The largest absolute Gasteiger partial charge is 0.347 e. The summed E-state index contributed by atoms with van der Waals surface area (Å²) in [6, 6.07) is -1.13. The number of hydrogen-bond donors (Lipinski definition) is 3. The molecular weight excluding hydrogens is 256 g/mol. The van der Waals surface area contributed by atoms with Gasteiger partial charge in [-0.3, -0.25) is 4.79 Å². The van der Waals surface area contributed by atoms with Gasteiger partial charge < -0.3 is 16.0 Å². The van der Waals surface area contributed by atoms with E-state index in [2.05, 4.69) is 15.3 Å². The fourth-order valence-corrected chi connectivity index (χ4v) is 2.06. The van der Waals surface area contributed by atoms with Gasteiger partial charge in [0.1, 0.15) is 15.7 Å². The third-order valence-electron chi connectivity index (χ3n) is 2.42. The van der Waals surface area contributed by atoms with Crippen LogP contribution >= 0.6 is 0 Å². The molecule has 0 bridgehead atoms. The number of sulfone groups is 1. The number of amides is 1. The number of nitrogens with one attached hydrogen (secondary N) is 2. The maximum atomic E-state index is 11.7. The van der Waals surface area contributed by atoms with Crippen LogP contribution in [-0.4, -0.2) is 42.3 Å². The molecule has 0 radical (unpaired) electrons. The zero-order valence-corrected chi connectivity index (χ0v) is 11.2. The molecule has 1 aromatic heterocycles. The summed E-state index contributed by atoms with van der Waals surface area (Å²) in [7, 11) is -3.10. The van der Waals surface area contributed by atoms with Gasteiger partial charge in [-0.1, -0.05) is 0 Å². The fourth-order valence-electron chi connectivity index (χ4n) is 1.38. The number of hydrogen-bond acceptors (Lipinski definition) is 5. The summed E-state index contributed by atoms with van der Waals surface area (Å²) in [6.45, 7) is 1.76. The number of aromatic nitrogens is 2. The lowest BCUT2D eigenvalue weighted by atomic mass is 10.2. The summed E-state index contributed by atoms with van der Waals surface area (Å²) in [5.74, 6) is 0.137. The van der Waals surface area contributed by atoms with Gasteiger partial charge in [-0.2, -0.15) is 0 Å². The number of H-pyrrole nitrogens is 1. The minimum atomic E-state index is -3.10. The van der Waals surface area contributed by atoms with Crippen LogP contribution in [0.5, 0.6) is 0 Å². The molecule has 1 heterocycles. The Balaban J connectivity index is 2.45. The Bertz CT molecular complexity index is 483. The van der Waals surface area contributed by atoms with Gasteiger partial charge >= 0.3 is 0 Å². The van der Waals surface area contributed by atoms with Crippen LogP contribution in [-0.2, 0) is 14.6 Å². The second kappa shape index (κ2) is 5.96. The summed E-state index contributed by atoms with van der Waals surface area (Å²) >= 11 is 0. The summed E-state index contributed by atoms with van der Waals surface area (Å²) in [5.41, 5.74) is 5.62. The maximum absolute atomic E-state index is 11.7. The first-order valence-electron chi connectivity index (χ1n) is 5.52. The normalized spacial score (nSPS) is 15.1. The van der Waals surface area contributed by atoms with Crippen LogP contribution in [0.3, 0.4) is 0 Å². The van der Waals surface area contributed by atoms with E-state index in [1.54, 1.807) is 19.3 Å². The van der Waals surface area contributed by atoms with Gasteiger partial charge in [0.2, 0.25) is 5.91 Å². The molecule has 7 nitrogen and oxygen atoms in total. The lowest BCUT2D eigenvalue weighted by Crippen LogP contribution is -2.42. The van der Waals surface area contributed by atoms with E-state index in [-0.39, 0.29) is 24.1 Å². The van der Waals surface area contributed by atoms with Crippen LogP contribution in [0, 0.1) is 0 Å². The van der Waals surface area contributed by atoms with Crippen LogP contribution in [0.25, 0.3) is 0 Å². The topological polar surface area (TPSA) is 118 Å². The monoisotopic (exact) mass is 274 g/mol. The van der Waals surface area contributed by atoms with E-state index in [1.807, 2.05) is 0 Å². The Morgan fingerprint density at radius 1 is 1.61 bits per heavy atom. The molecule has 8 heteroatoms. The molecule has 0 fully saturated rings. The highest BCUT2D eigenvalue weighted by atomic mass is 32.2. The van der Waals surface area contributed by atoms with Crippen molar-refractivity contribution in [3.05, 3.63) is 18.2 Å². The second-order valence-corrected chi connectivity index (χ2v) is 6.49. The molecule has 0 saturated heterocycles. The highest BCUT2D eigenvalue weighted by molar-refractivity contribution is 7.90. The first kappa shape index (κ1) is 14.7. The second-order valence-electron chi connectivity index (χ2n) is 4.23. The zero-order valence-electron chi connectivity index (χ0n) is 10.4. The zero-order chi connectivity index (χ0) is 13.8. The van der Waals surface area contributed by atoms with Gasteiger partial charge in [-0.05, 0) is 13.3 Å². The Morgan fingerprint density at radius 3 is 2.78 bits per heavy atom. The third kappa shape index (κ3) is 4.84. The predicted octanol–water partition coefficient (Wildman–Crippen LogP) is -0.651. The molecule has 1 rings (SSSR count). The number of rotatable bonds is 6. The first-order chi connectivity index (χ1) is 8.29. The van der Waals surface area contributed by atoms with Crippen LogP contribution in [0.15, 0.2) is 12.4 Å². The molecule has 4 N–H and O–H groups in total. The van der Waals surface area contributed by atoms with Gasteiger partial charge in [0, 0.05) is 18.6 Å². The number of carbonyl (C=O) groups is 1. The molecule has 0 spiro atoms. The minimum Gasteiger partial charge on any atom is -0.347 e. The van der Waals surface area contributed by atoms with E-state index >= 15 is 0 Å². The third-order valence-corrected chi connectivity index (χ3v) is 3.40. The average molecular weight is 274 g/mol. The summed E-state index contributed by atoms with van der Waals surface area (Å²) in [5, 5.41) is 2.67. The van der Waals surface area contributed by atoms with Crippen LogP contribution < -0.4 is 11.1 Å². The summed E-state index contributed by atoms with van der Waals surface area (Å²) in [6.07, 6.45) is 4.46. The summed E-state index contributed by atoms with van der Waals surface area (Å²) in [4.78, 5) is 18.6. The predicted molar refractivity (Wildman–Crippen MR) is 67.4 cm³/mol. The highest BCUT2D eigenvalue weighted by Crippen LogP contribution is 2.05. The van der Waals surface area contributed by atoms with E-state index in [0.717, 1.165) is 6.26 Å². The van der Waals surface area contributed by atoms with Crippen molar-refractivity contribution < 1.29 is 13.2 Å². The van der Waals surface area contributed by atoms with E-state index in [4.69, 9.17) is 5.73 Å². The van der Waals surface area contributed by atoms with Crippen molar-refractivity contribution in [2.24, 2.45) is 5.73 Å². The van der Waals surface area contributed by atoms with Crippen LogP contribution in [0.2, 0.25) is 0 Å². The molecule has 0 aliphatic rings. The number of nitrogens with zero attached hydrogens (tertiary/aromatic N) is 1. The van der Waals surface area contributed by atoms with Gasteiger partial charge in [0.15, 0.2) is 0 Å². The molecule has 1 aromatic rings. The van der Waals surface area contributed by atoms with Crippen LogP contribution in [0.1, 0.15) is 25.2 Å². The Kier molecular flexibility index (Phi) is 4.85. The quantitative estimate of drug-likeness (QED) is 0.637.